The van der Waals surface area contributed by atoms with Crippen LogP contribution >= 0.6 is 0 Å². The summed E-state index contributed by atoms with van der Waals surface area (Å²) in [6, 6.07) is 19.8. The molecule has 1 saturated heterocycles. The van der Waals surface area contributed by atoms with Crippen LogP contribution in [0.4, 0.5) is 23.2 Å². The average molecular weight is 512 g/mol. The summed E-state index contributed by atoms with van der Waals surface area (Å²) < 4.78 is 53.5. The fourth-order valence-electron chi connectivity index (χ4n) is 5.42. The van der Waals surface area contributed by atoms with Gasteiger partial charge in [-0.2, -0.15) is 13.2 Å². The second-order valence-electron chi connectivity index (χ2n) is 9.79. The molecule has 0 aromatic heterocycles. The second-order valence-corrected chi connectivity index (χ2v) is 9.79. The fraction of sp³-hybridized carbons (Fsp3) is 0.345. The lowest BCUT2D eigenvalue weighted by molar-refractivity contribution is -0.137. The predicted molar refractivity (Wildman–Crippen MR) is 135 cm³/mol. The first kappa shape index (κ1) is 25.3. The van der Waals surface area contributed by atoms with E-state index in [-0.39, 0.29) is 30.7 Å². The first-order valence-corrected chi connectivity index (χ1v) is 12.5. The predicted octanol–water partition coefficient (Wildman–Crippen LogP) is 5.07. The lowest BCUT2D eigenvalue weighted by Crippen LogP contribution is -2.61. The number of halogens is 4. The molecule has 2 heterocycles. The van der Waals surface area contributed by atoms with Crippen molar-refractivity contribution in [3.8, 4) is 0 Å². The molecule has 0 unspecified atom stereocenters. The van der Waals surface area contributed by atoms with Crippen LogP contribution in [-0.2, 0) is 30.4 Å². The van der Waals surface area contributed by atoms with E-state index in [0.29, 0.717) is 18.7 Å². The zero-order valence-corrected chi connectivity index (χ0v) is 20.3. The first-order chi connectivity index (χ1) is 17.8. The summed E-state index contributed by atoms with van der Waals surface area (Å²) in [5.74, 6) is -1.06. The molecular weight excluding hydrogens is 482 g/mol. The van der Waals surface area contributed by atoms with Crippen molar-refractivity contribution in [2.45, 2.75) is 31.6 Å². The number of hydrogen-bond acceptors (Lipinski definition) is 3. The smallest absolute Gasteiger partial charge is 0.365 e. The molecule has 3 aromatic rings. The minimum atomic E-state index is -4.44. The van der Waals surface area contributed by atoms with Crippen LogP contribution in [0.5, 0.6) is 0 Å². The van der Waals surface area contributed by atoms with Crippen LogP contribution in [0, 0.1) is 11.7 Å². The van der Waals surface area contributed by atoms with Crippen LogP contribution in [-0.4, -0.2) is 43.0 Å². The third-order valence-corrected chi connectivity index (χ3v) is 7.40. The first-order valence-electron chi connectivity index (χ1n) is 12.5. The summed E-state index contributed by atoms with van der Waals surface area (Å²) in [7, 11) is 0. The van der Waals surface area contributed by atoms with Gasteiger partial charge in [-0.15, -0.1) is 0 Å². The molecule has 37 heavy (non-hydrogen) atoms. The van der Waals surface area contributed by atoms with Gasteiger partial charge in [0, 0.05) is 38.4 Å². The summed E-state index contributed by atoms with van der Waals surface area (Å²) in [5, 5.41) is 2.94. The zero-order valence-electron chi connectivity index (χ0n) is 20.3. The largest absolute Gasteiger partial charge is 0.416 e. The van der Waals surface area contributed by atoms with E-state index >= 15 is 0 Å². The van der Waals surface area contributed by atoms with Crippen molar-refractivity contribution in [2.24, 2.45) is 5.92 Å². The summed E-state index contributed by atoms with van der Waals surface area (Å²) in [5.41, 5.74) is 2.63. The molecule has 2 aliphatic heterocycles. The highest BCUT2D eigenvalue weighted by atomic mass is 19.4. The Morgan fingerprint density at radius 1 is 0.946 bits per heavy atom. The normalized spacial score (nSPS) is 19.7. The number of hydrogen-bond donors (Lipinski definition) is 1. The summed E-state index contributed by atoms with van der Waals surface area (Å²) in [4.78, 5) is 17.9. The van der Waals surface area contributed by atoms with Crippen LogP contribution in [0.3, 0.4) is 0 Å². The molecule has 1 N–H and O–H groups in total. The van der Waals surface area contributed by atoms with Crippen LogP contribution < -0.4 is 10.2 Å². The lowest BCUT2D eigenvalue weighted by Gasteiger charge is -2.49. The molecule has 2 aliphatic rings. The Balaban J connectivity index is 1.36. The van der Waals surface area contributed by atoms with Gasteiger partial charge in [0.15, 0.2) is 0 Å². The molecule has 1 fully saturated rings. The molecule has 0 bridgehead atoms. The molecule has 5 rings (SSSR count). The average Bonchev–Trinajstić information content (AvgIpc) is 2.90. The van der Waals surface area contributed by atoms with Gasteiger partial charge in [0.1, 0.15) is 5.82 Å². The fourth-order valence-corrected chi connectivity index (χ4v) is 5.42. The van der Waals surface area contributed by atoms with E-state index in [2.05, 4.69) is 27.2 Å². The third kappa shape index (κ3) is 5.80. The molecule has 4 nitrogen and oxygen atoms in total. The Bertz CT molecular complexity index is 1230. The van der Waals surface area contributed by atoms with Gasteiger partial charge in [-0.05, 0) is 59.9 Å². The summed E-state index contributed by atoms with van der Waals surface area (Å²) in [6.07, 6.45) is -3.31. The number of fused-ring (bicyclic) bond motifs is 3. The van der Waals surface area contributed by atoms with Crippen LogP contribution in [0.1, 0.15) is 22.3 Å². The molecule has 2 atom stereocenters. The number of carbonyl (C=O) groups is 1. The van der Waals surface area contributed by atoms with Crippen molar-refractivity contribution >= 4 is 11.6 Å². The van der Waals surface area contributed by atoms with E-state index in [1.165, 1.54) is 23.8 Å². The van der Waals surface area contributed by atoms with Crippen LogP contribution in [0.15, 0.2) is 72.8 Å². The van der Waals surface area contributed by atoms with Crippen molar-refractivity contribution in [3.05, 3.63) is 101 Å². The maximum atomic E-state index is 13.4. The third-order valence-electron chi connectivity index (χ3n) is 7.40. The van der Waals surface area contributed by atoms with Crippen LogP contribution in [0.2, 0.25) is 0 Å². The molecule has 0 saturated carbocycles. The standard InChI is InChI=1S/C29H29F4N3O/c30-24-9-6-21(7-10-24)18-34-28(37)25-17-22-16-23(29(31,32)33)8-11-26(22)36-15-14-35(19-27(25)36)13-12-20-4-2-1-3-5-20/h1-11,16,25,27H,12-15,17-19H2,(H,34,37)/t25-,27+/m1/s1. The highest BCUT2D eigenvalue weighted by molar-refractivity contribution is 5.82. The molecule has 3 aromatic carbocycles. The van der Waals surface area contributed by atoms with Crippen molar-refractivity contribution in [2.75, 3.05) is 31.1 Å². The van der Waals surface area contributed by atoms with E-state index in [1.807, 2.05) is 18.2 Å². The number of nitrogens with one attached hydrogen (secondary N) is 1. The number of alkyl halides is 3. The highest BCUT2D eigenvalue weighted by Crippen LogP contribution is 2.39. The van der Waals surface area contributed by atoms with Gasteiger partial charge < -0.3 is 10.2 Å². The van der Waals surface area contributed by atoms with E-state index in [4.69, 9.17) is 0 Å². The maximum Gasteiger partial charge on any atom is 0.416 e. The minimum absolute atomic E-state index is 0.151. The summed E-state index contributed by atoms with van der Waals surface area (Å²) >= 11 is 0. The number of anilines is 1. The number of amides is 1. The number of rotatable bonds is 6. The molecule has 194 valence electrons. The Kier molecular flexibility index (Phi) is 7.20. The molecule has 0 aliphatic carbocycles. The Hall–Kier alpha value is -3.39. The minimum Gasteiger partial charge on any atom is -0.365 e. The molecule has 0 radical (unpaired) electrons. The number of piperazine rings is 1. The molecule has 0 spiro atoms. The summed E-state index contributed by atoms with van der Waals surface area (Å²) in [6.45, 7) is 3.14. The van der Waals surface area contributed by atoms with Gasteiger partial charge in [-0.1, -0.05) is 42.5 Å². The SMILES string of the molecule is O=C(NCc1ccc(F)cc1)[C@@H]1Cc2cc(C(F)(F)F)ccc2N2CCN(CCc3ccccc3)C[C@@H]12. The van der Waals surface area contributed by atoms with Gasteiger partial charge in [-0.25, -0.2) is 4.39 Å². The Labute approximate surface area is 213 Å². The number of carbonyl (C=O) groups excluding carboxylic acids is 1. The van der Waals surface area contributed by atoms with Crippen molar-refractivity contribution in [1.29, 1.82) is 0 Å². The van der Waals surface area contributed by atoms with E-state index < -0.39 is 17.7 Å². The molecular formula is C29H29F4N3O. The number of benzene rings is 3. The zero-order chi connectivity index (χ0) is 26.0. The van der Waals surface area contributed by atoms with E-state index in [1.54, 1.807) is 18.2 Å². The quantitative estimate of drug-likeness (QED) is 0.470. The maximum absolute atomic E-state index is 13.4. The molecule has 8 heteroatoms. The van der Waals surface area contributed by atoms with E-state index in [0.717, 1.165) is 36.8 Å². The van der Waals surface area contributed by atoms with Gasteiger partial charge in [0.05, 0.1) is 17.5 Å². The lowest BCUT2D eigenvalue weighted by atomic mass is 9.82. The van der Waals surface area contributed by atoms with Crippen LogP contribution in [0.25, 0.3) is 0 Å². The number of nitrogens with zero attached hydrogens (tertiary/aromatic N) is 2. The second kappa shape index (κ2) is 10.5. The van der Waals surface area contributed by atoms with Crippen molar-refractivity contribution in [3.63, 3.8) is 0 Å². The van der Waals surface area contributed by atoms with E-state index in [9.17, 15) is 22.4 Å². The highest BCUT2D eigenvalue weighted by Gasteiger charge is 2.42. The van der Waals surface area contributed by atoms with Gasteiger partial charge in [0.2, 0.25) is 5.91 Å². The Morgan fingerprint density at radius 2 is 1.70 bits per heavy atom. The monoisotopic (exact) mass is 511 g/mol. The topological polar surface area (TPSA) is 35.6 Å². The van der Waals surface area contributed by atoms with Gasteiger partial charge in [-0.3, -0.25) is 9.69 Å². The Morgan fingerprint density at radius 3 is 2.43 bits per heavy atom. The van der Waals surface area contributed by atoms with Crippen molar-refractivity contribution in [1.82, 2.24) is 10.2 Å². The van der Waals surface area contributed by atoms with Gasteiger partial charge in [0.25, 0.3) is 0 Å². The van der Waals surface area contributed by atoms with Crippen molar-refractivity contribution < 1.29 is 22.4 Å². The molecule has 1 amide bonds. The van der Waals surface area contributed by atoms with Gasteiger partial charge >= 0.3 is 6.18 Å².